The number of carbonyl (C=O) groups is 1. The van der Waals surface area contributed by atoms with Crippen molar-refractivity contribution in [3.05, 3.63) is 23.8 Å². The van der Waals surface area contributed by atoms with Gasteiger partial charge in [-0.3, -0.25) is 4.79 Å². The molecule has 1 heterocycles. The molecule has 4 aliphatic carbocycles. The summed E-state index contributed by atoms with van der Waals surface area (Å²) in [6.45, 7) is 6.92. The standard InChI is InChI=1S/C21H26N2OS/c1-13-4-5-15-16(6-13)25-18(22-15)23-17(24)21-9-14-7-19(2,11-21)10-20(3,8-14)12-21/h4-6,14H,7-12H2,1-3H3,(H,22,23,24). The summed E-state index contributed by atoms with van der Waals surface area (Å²) in [5.41, 5.74) is 2.76. The number of nitrogens with one attached hydrogen (secondary N) is 1. The van der Waals surface area contributed by atoms with Crippen molar-refractivity contribution in [3.63, 3.8) is 0 Å². The molecule has 1 N–H and O–H groups in total. The first kappa shape index (κ1) is 15.8. The molecule has 3 nitrogen and oxygen atoms in total. The van der Waals surface area contributed by atoms with Gasteiger partial charge >= 0.3 is 0 Å². The van der Waals surface area contributed by atoms with Crippen LogP contribution in [-0.4, -0.2) is 10.9 Å². The van der Waals surface area contributed by atoms with E-state index in [1.54, 1.807) is 11.3 Å². The molecule has 0 saturated heterocycles. The number of carbonyl (C=O) groups excluding carboxylic acids is 1. The quantitative estimate of drug-likeness (QED) is 0.769. The molecule has 2 aromatic rings. The summed E-state index contributed by atoms with van der Waals surface area (Å²) >= 11 is 1.60. The lowest BCUT2D eigenvalue weighted by atomic mass is 9.40. The normalized spacial score (nSPS) is 39.1. The van der Waals surface area contributed by atoms with Crippen LogP contribution in [0.3, 0.4) is 0 Å². The smallest absolute Gasteiger partial charge is 0.232 e. The second kappa shape index (κ2) is 4.85. The fourth-order valence-electron chi connectivity index (χ4n) is 7.02. The minimum Gasteiger partial charge on any atom is -0.301 e. The first-order chi connectivity index (χ1) is 11.8. The van der Waals surface area contributed by atoms with Gasteiger partial charge in [0.2, 0.25) is 5.91 Å². The zero-order valence-electron chi connectivity index (χ0n) is 15.3. The Kier molecular flexibility index (Phi) is 3.06. The van der Waals surface area contributed by atoms with Gasteiger partial charge in [0.05, 0.1) is 15.6 Å². The minimum absolute atomic E-state index is 0.170. The van der Waals surface area contributed by atoms with E-state index in [2.05, 4.69) is 43.2 Å². The second-order valence-corrected chi connectivity index (χ2v) is 10.9. The fraction of sp³-hybridized carbons (Fsp3) is 0.619. The van der Waals surface area contributed by atoms with Gasteiger partial charge in [0.15, 0.2) is 5.13 Å². The lowest BCUT2D eigenvalue weighted by Gasteiger charge is -2.64. The van der Waals surface area contributed by atoms with Crippen molar-refractivity contribution in [2.75, 3.05) is 5.32 Å². The topological polar surface area (TPSA) is 42.0 Å². The van der Waals surface area contributed by atoms with Crippen LogP contribution in [0.2, 0.25) is 0 Å². The molecular formula is C21H26N2OS. The van der Waals surface area contributed by atoms with E-state index >= 15 is 0 Å². The Labute approximate surface area is 153 Å². The Morgan fingerprint density at radius 2 is 1.88 bits per heavy atom. The van der Waals surface area contributed by atoms with Crippen LogP contribution in [0.1, 0.15) is 57.9 Å². The van der Waals surface area contributed by atoms with Gasteiger partial charge in [-0.05, 0) is 79.9 Å². The largest absolute Gasteiger partial charge is 0.301 e. The summed E-state index contributed by atoms with van der Waals surface area (Å²) in [6.07, 6.45) is 7.12. The van der Waals surface area contributed by atoms with Gasteiger partial charge < -0.3 is 5.32 Å². The first-order valence-corrected chi connectivity index (χ1v) is 10.3. The van der Waals surface area contributed by atoms with Gasteiger partial charge in [-0.25, -0.2) is 4.98 Å². The summed E-state index contributed by atoms with van der Waals surface area (Å²) in [5.74, 6) is 0.958. The molecule has 25 heavy (non-hydrogen) atoms. The average Bonchev–Trinajstić information content (AvgIpc) is 2.84. The van der Waals surface area contributed by atoms with Crippen molar-refractivity contribution >= 4 is 32.6 Å². The number of amides is 1. The van der Waals surface area contributed by atoms with E-state index in [1.807, 2.05) is 6.07 Å². The molecule has 0 radical (unpaired) electrons. The van der Waals surface area contributed by atoms with Crippen molar-refractivity contribution in [2.45, 2.75) is 59.3 Å². The second-order valence-electron chi connectivity index (χ2n) is 9.85. The molecule has 4 heteroatoms. The van der Waals surface area contributed by atoms with Crippen molar-refractivity contribution in [3.8, 4) is 0 Å². The van der Waals surface area contributed by atoms with Gasteiger partial charge in [-0.1, -0.05) is 31.3 Å². The van der Waals surface area contributed by atoms with Crippen LogP contribution < -0.4 is 5.32 Å². The van der Waals surface area contributed by atoms with Crippen LogP contribution in [0.15, 0.2) is 18.2 Å². The van der Waals surface area contributed by atoms with Crippen LogP contribution in [0.4, 0.5) is 5.13 Å². The Bertz CT molecular complexity index is 867. The molecule has 1 amide bonds. The zero-order chi connectivity index (χ0) is 17.4. The highest BCUT2D eigenvalue weighted by atomic mass is 32.1. The molecule has 2 atom stereocenters. The number of aromatic nitrogens is 1. The van der Waals surface area contributed by atoms with Gasteiger partial charge in [0, 0.05) is 0 Å². The van der Waals surface area contributed by atoms with Crippen molar-refractivity contribution in [2.24, 2.45) is 22.2 Å². The molecule has 4 bridgehead atoms. The van der Waals surface area contributed by atoms with Crippen molar-refractivity contribution in [1.29, 1.82) is 0 Å². The number of hydrogen-bond donors (Lipinski definition) is 1. The number of benzene rings is 1. The van der Waals surface area contributed by atoms with Crippen LogP contribution in [0, 0.1) is 29.1 Å². The number of hydrogen-bond acceptors (Lipinski definition) is 3. The Hall–Kier alpha value is -1.42. The molecular weight excluding hydrogens is 328 g/mol. The lowest BCUT2D eigenvalue weighted by Crippen LogP contribution is -2.58. The highest BCUT2D eigenvalue weighted by molar-refractivity contribution is 7.22. The van der Waals surface area contributed by atoms with Gasteiger partial charge in [-0.2, -0.15) is 0 Å². The molecule has 2 unspecified atom stereocenters. The zero-order valence-corrected chi connectivity index (χ0v) is 16.1. The number of aryl methyl sites for hydroxylation is 1. The summed E-state index contributed by atoms with van der Waals surface area (Å²) in [6, 6.07) is 6.27. The summed E-state index contributed by atoms with van der Waals surface area (Å²) in [7, 11) is 0. The van der Waals surface area contributed by atoms with Crippen LogP contribution in [0.25, 0.3) is 10.2 Å². The summed E-state index contributed by atoms with van der Waals surface area (Å²) < 4.78 is 1.15. The predicted octanol–water partition coefficient (Wildman–Crippen LogP) is 5.54. The van der Waals surface area contributed by atoms with E-state index in [-0.39, 0.29) is 11.3 Å². The van der Waals surface area contributed by atoms with E-state index in [4.69, 9.17) is 0 Å². The van der Waals surface area contributed by atoms with E-state index < -0.39 is 0 Å². The third-order valence-electron chi connectivity index (χ3n) is 6.87. The molecule has 132 valence electrons. The first-order valence-electron chi connectivity index (χ1n) is 9.45. The maximum Gasteiger partial charge on any atom is 0.232 e. The SMILES string of the molecule is Cc1ccc2nc(NC(=O)C34CC5CC(C)(CC(C)(C5)C3)C4)sc2c1. The highest BCUT2D eigenvalue weighted by Gasteiger charge is 2.62. The molecule has 0 spiro atoms. The van der Waals surface area contributed by atoms with Crippen LogP contribution in [0.5, 0.6) is 0 Å². The number of rotatable bonds is 2. The van der Waals surface area contributed by atoms with Crippen LogP contribution in [-0.2, 0) is 4.79 Å². The van der Waals surface area contributed by atoms with Gasteiger partial charge in [0.1, 0.15) is 0 Å². The van der Waals surface area contributed by atoms with Gasteiger partial charge in [0.25, 0.3) is 0 Å². The number of fused-ring (bicyclic) bond motifs is 1. The third kappa shape index (κ3) is 2.44. The number of nitrogens with zero attached hydrogens (tertiary/aromatic N) is 1. The van der Waals surface area contributed by atoms with Gasteiger partial charge in [-0.15, -0.1) is 0 Å². The summed E-state index contributed by atoms with van der Waals surface area (Å²) in [4.78, 5) is 18.0. The Morgan fingerprint density at radius 3 is 2.56 bits per heavy atom. The Morgan fingerprint density at radius 1 is 1.16 bits per heavy atom. The van der Waals surface area contributed by atoms with E-state index in [9.17, 15) is 4.79 Å². The van der Waals surface area contributed by atoms with Crippen molar-refractivity contribution in [1.82, 2.24) is 4.98 Å². The predicted molar refractivity (Wildman–Crippen MR) is 103 cm³/mol. The fourth-order valence-corrected chi connectivity index (χ4v) is 7.98. The molecule has 4 fully saturated rings. The highest BCUT2D eigenvalue weighted by Crippen LogP contribution is 2.69. The van der Waals surface area contributed by atoms with E-state index in [1.165, 1.54) is 24.8 Å². The number of anilines is 1. The average molecular weight is 355 g/mol. The molecule has 6 rings (SSSR count). The molecule has 1 aromatic heterocycles. The Balaban J connectivity index is 1.45. The van der Waals surface area contributed by atoms with E-state index in [0.717, 1.165) is 40.5 Å². The molecule has 4 saturated carbocycles. The minimum atomic E-state index is -0.170. The lowest BCUT2D eigenvalue weighted by molar-refractivity contribution is -0.165. The summed E-state index contributed by atoms with van der Waals surface area (Å²) in [5, 5.41) is 3.97. The molecule has 4 aliphatic rings. The third-order valence-corrected chi connectivity index (χ3v) is 7.81. The van der Waals surface area contributed by atoms with E-state index in [0.29, 0.717) is 10.8 Å². The number of thiazole rings is 1. The molecule has 1 aromatic carbocycles. The monoisotopic (exact) mass is 354 g/mol. The van der Waals surface area contributed by atoms with Crippen LogP contribution >= 0.6 is 11.3 Å². The maximum absolute atomic E-state index is 13.3. The van der Waals surface area contributed by atoms with Crippen molar-refractivity contribution < 1.29 is 4.79 Å². The molecule has 0 aliphatic heterocycles. The maximum atomic E-state index is 13.3.